The number of benzene rings is 1. The number of aromatic amines is 1. The van der Waals surface area contributed by atoms with Gasteiger partial charge in [-0.3, -0.25) is 4.79 Å². The molecule has 0 radical (unpaired) electrons. The van der Waals surface area contributed by atoms with Gasteiger partial charge in [-0.25, -0.2) is 4.52 Å². The Morgan fingerprint density at radius 1 is 1.32 bits per heavy atom. The molecule has 7 nitrogen and oxygen atoms in total. The fraction of sp³-hybridized carbons (Fsp3) is 0.238. The van der Waals surface area contributed by atoms with E-state index in [1.165, 1.54) is 6.20 Å². The number of nitrogens with one attached hydrogen (secondary N) is 2. The summed E-state index contributed by atoms with van der Waals surface area (Å²) in [4.78, 5) is 15.1. The van der Waals surface area contributed by atoms with Crippen LogP contribution in [0.15, 0.2) is 48.9 Å². The molecule has 0 aliphatic carbocycles. The molecule has 3 aromatic heterocycles. The first kappa shape index (κ1) is 18.1. The number of anilines is 1. The van der Waals surface area contributed by atoms with Crippen molar-refractivity contribution in [2.45, 2.75) is 25.8 Å². The zero-order valence-corrected chi connectivity index (χ0v) is 15.6. The first-order valence-electron chi connectivity index (χ1n) is 9.36. The number of hydrogen-bond donors (Lipinski definition) is 4. The molecule has 1 amide bonds. The van der Waals surface area contributed by atoms with Gasteiger partial charge in [0.25, 0.3) is 5.91 Å². The molecule has 0 aliphatic rings. The van der Waals surface area contributed by atoms with E-state index in [4.69, 9.17) is 5.73 Å². The van der Waals surface area contributed by atoms with Gasteiger partial charge in [0.15, 0.2) is 0 Å². The third-order valence-electron chi connectivity index (χ3n) is 5.00. The van der Waals surface area contributed by atoms with E-state index < -0.39 is 5.91 Å². The molecule has 144 valence electrons. The Morgan fingerprint density at radius 3 is 2.93 bits per heavy atom. The minimum absolute atomic E-state index is 0.0295. The second kappa shape index (κ2) is 7.36. The van der Waals surface area contributed by atoms with Gasteiger partial charge in [-0.15, -0.1) is 0 Å². The zero-order chi connectivity index (χ0) is 19.7. The Labute approximate surface area is 162 Å². The van der Waals surface area contributed by atoms with Gasteiger partial charge in [0, 0.05) is 29.5 Å². The number of carbonyl (C=O) groups is 1. The van der Waals surface area contributed by atoms with Crippen LogP contribution in [-0.4, -0.2) is 38.3 Å². The van der Waals surface area contributed by atoms with Crippen LogP contribution < -0.4 is 11.1 Å². The minimum Gasteiger partial charge on any atom is -0.394 e. The lowest BCUT2D eigenvalue weighted by atomic mass is 10.1. The molecule has 4 rings (SSSR count). The lowest BCUT2D eigenvalue weighted by Gasteiger charge is -2.19. The van der Waals surface area contributed by atoms with Crippen molar-refractivity contribution in [1.82, 2.24) is 14.6 Å². The minimum atomic E-state index is -0.554. The number of amides is 1. The number of nitrogens with two attached hydrogens (primary N) is 1. The summed E-state index contributed by atoms with van der Waals surface area (Å²) in [7, 11) is 0. The molecule has 1 aromatic carbocycles. The van der Waals surface area contributed by atoms with Crippen LogP contribution in [0.4, 0.5) is 5.69 Å². The number of fused-ring (bicyclic) bond motifs is 2. The highest BCUT2D eigenvalue weighted by Crippen LogP contribution is 2.30. The Kier molecular flexibility index (Phi) is 4.75. The number of aliphatic hydroxyl groups is 1. The predicted octanol–water partition coefficient (Wildman–Crippen LogP) is 3.15. The van der Waals surface area contributed by atoms with Gasteiger partial charge in [0.2, 0.25) is 0 Å². The topological polar surface area (TPSA) is 108 Å². The van der Waals surface area contributed by atoms with Gasteiger partial charge in [-0.05, 0) is 41.6 Å². The highest BCUT2D eigenvalue weighted by Gasteiger charge is 2.18. The quantitative estimate of drug-likeness (QED) is 0.397. The summed E-state index contributed by atoms with van der Waals surface area (Å²) >= 11 is 0. The maximum Gasteiger partial charge on any atom is 0.252 e. The third-order valence-corrected chi connectivity index (χ3v) is 5.00. The van der Waals surface area contributed by atoms with E-state index >= 15 is 0 Å². The van der Waals surface area contributed by atoms with Crippen molar-refractivity contribution in [3.63, 3.8) is 0 Å². The molecule has 3 heterocycles. The highest BCUT2D eigenvalue weighted by atomic mass is 16.3. The average Bonchev–Trinajstić information content (AvgIpc) is 3.33. The van der Waals surface area contributed by atoms with Crippen molar-refractivity contribution in [2.75, 3.05) is 11.9 Å². The Morgan fingerprint density at radius 2 is 2.18 bits per heavy atom. The van der Waals surface area contributed by atoms with Crippen LogP contribution in [0.3, 0.4) is 0 Å². The standard InChI is InChI=1S/C21H23N5O2/c1-2-3-16(12-27)25-20-17(21(22)28)10-24-26-11-15(9-19(20)26)13-4-5-18-14(8-13)6-7-23-18/h4-11,16,23,25,27H,2-3,12H2,1H3,(H2,22,28). The molecule has 7 heteroatoms. The number of H-pyrrole nitrogens is 1. The largest absolute Gasteiger partial charge is 0.394 e. The molecule has 0 bridgehead atoms. The maximum absolute atomic E-state index is 12.0. The number of aliphatic hydroxyl groups excluding tert-OH is 1. The normalized spacial score (nSPS) is 12.5. The van der Waals surface area contributed by atoms with E-state index in [1.54, 1.807) is 4.52 Å². The summed E-state index contributed by atoms with van der Waals surface area (Å²) in [5.74, 6) is -0.554. The van der Waals surface area contributed by atoms with E-state index in [-0.39, 0.29) is 12.6 Å². The molecular formula is C21H23N5O2. The Balaban J connectivity index is 1.83. The van der Waals surface area contributed by atoms with Crippen LogP contribution in [0.25, 0.3) is 27.5 Å². The summed E-state index contributed by atoms with van der Waals surface area (Å²) in [6.07, 6.45) is 7.00. The number of rotatable bonds is 7. The van der Waals surface area contributed by atoms with Crippen LogP contribution in [-0.2, 0) is 0 Å². The molecule has 0 aliphatic heterocycles. The maximum atomic E-state index is 12.0. The summed E-state index contributed by atoms with van der Waals surface area (Å²) in [6.45, 7) is 2.02. The van der Waals surface area contributed by atoms with Crippen molar-refractivity contribution in [1.29, 1.82) is 0 Å². The third kappa shape index (κ3) is 3.20. The smallest absolute Gasteiger partial charge is 0.252 e. The predicted molar refractivity (Wildman–Crippen MR) is 110 cm³/mol. The first-order valence-corrected chi connectivity index (χ1v) is 9.36. The second-order valence-electron chi connectivity index (χ2n) is 6.95. The fourth-order valence-corrected chi connectivity index (χ4v) is 3.55. The van der Waals surface area contributed by atoms with Crippen LogP contribution in [0, 0.1) is 0 Å². The van der Waals surface area contributed by atoms with Crippen molar-refractivity contribution in [3.8, 4) is 11.1 Å². The number of nitrogens with zero attached hydrogens (tertiary/aromatic N) is 2. The molecule has 0 fully saturated rings. The van der Waals surface area contributed by atoms with E-state index in [1.807, 2.05) is 43.6 Å². The summed E-state index contributed by atoms with van der Waals surface area (Å²) < 4.78 is 1.73. The first-order chi connectivity index (χ1) is 13.6. The lowest BCUT2D eigenvalue weighted by Crippen LogP contribution is -2.26. The molecule has 4 aromatic rings. The van der Waals surface area contributed by atoms with Gasteiger partial charge in [0.1, 0.15) is 0 Å². The summed E-state index contributed by atoms with van der Waals surface area (Å²) in [5.41, 5.74) is 10.3. The molecular weight excluding hydrogens is 354 g/mol. The van der Waals surface area contributed by atoms with Crippen LogP contribution >= 0.6 is 0 Å². The number of hydrogen-bond acceptors (Lipinski definition) is 4. The second-order valence-corrected chi connectivity index (χ2v) is 6.95. The monoisotopic (exact) mass is 377 g/mol. The van der Waals surface area contributed by atoms with E-state index in [0.29, 0.717) is 11.3 Å². The van der Waals surface area contributed by atoms with Crippen LogP contribution in [0.5, 0.6) is 0 Å². The molecule has 0 saturated carbocycles. The SMILES string of the molecule is CCCC(CO)Nc1c(C(N)=O)cnn2cc(-c3ccc4[nH]ccc4c3)cc12. The van der Waals surface area contributed by atoms with Gasteiger partial charge < -0.3 is 21.1 Å². The van der Waals surface area contributed by atoms with Crippen molar-refractivity contribution in [2.24, 2.45) is 5.73 Å². The van der Waals surface area contributed by atoms with Crippen molar-refractivity contribution < 1.29 is 9.90 Å². The molecule has 1 atom stereocenters. The average molecular weight is 377 g/mol. The van der Waals surface area contributed by atoms with Crippen molar-refractivity contribution in [3.05, 3.63) is 54.5 Å². The Bertz CT molecular complexity index is 1140. The Hall–Kier alpha value is -3.32. The lowest BCUT2D eigenvalue weighted by molar-refractivity contribution is 0.100. The fourth-order valence-electron chi connectivity index (χ4n) is 3.55. The van der Waals surface area contributed by atoms with Crippen LogP contribution in [0.2, 0.25) is 0 Å². The van der Waals surface area contributed by atoms with E-state index in [0.717, 1.165) is 40.4 Å². The molecule has 0 spiro atoms. The van der Waals surface area contributed by atoms with Crippen molar-refractivity contribution >= 4 is 28.0 Å². The van der Waals surface area contributed by atoms with E-state index in [9.17, 15) is 9.90 Å². The summed E-state index contributed by atoms with van der Waals surface area (Å²) in [6, 6.07) is 10.0. The van der Waals surface area contributed by atoms with Crippen LogP contribution in [0.1, 0.15) is 30.1 Å². The number of aromatic nitrogens is 3. The molecule has 0 saturated heterocycles. The van der Waals surface area contributed by atoms with Gasteiger partial charge in [0.05, 0.1) is 29.6 Å². The zero-order valence-electron chi connectivity index (χ0n) is 15.6. The number of primary amides is 1. The van der Waals surface area contributed by atoms with Gasteiger partial charge in [-0.2, -0.15) is 5.10 Å². The van der Waals surface area contributed by atoms with Gasteiger partial charge in [-0.1, -0.05) is 19.4 Å². The molecule has 28 heavy (non-hydrogen) atoms. The number of carbonyl (C=O) groups excluding carboxylic acids is 1. The molecule has 5 N–H and O–H groups in total. The highest BCUT2D eigenvalue weighted by molar-refractivity contribution is 6.02. The molecule has 1 unspecified atom stereocenters. The summed E-state index contributed by atoms with van der Waals surface area (Å²) in [5, 5.41) is 18.4. The van der Waals surface area contributed by atoms with Gasteiger partial charge >= 0.3 is 0 Å². The van der Waals surface area contributed by atoms with E-state index in [2.05, 4.69) is 21.5 Å².